The molecular weight excluding hydrogens is 406 g/mol. The molecule has 0 bridgehead atoms. The zero-order valence-corrected chi connectivity index (χ0v) is 19.2. The van der Waals surface area contributed by atoms with Gasteiger partial charge in [0.1, 0.15) is 5.66 Å². The number of fused-ring (bicyclic) bond motifs is 3. The molecule has 0 spiro atoms. The lowest BCUT2D eigenvalue weighted by molar-refractivity contribution is -0.121. The summed E-state index contributed by atoms with van der Waals surface area (Å²) in [7, 11) is 0. The van der Waals surface area contributed by atoms with Crippen molar-refractivity contribution in [1.82, 2.24) is 20.0 Å². The molecule has 1 N–H and O–H groups in total. The topological polar surface area (TPSA) is 87.5 Å². The highest BCUT2D eigenvalue weighted by Crippen LogP contribution is 2.43. The zero-order chi connectivity index (χ0) is 23.0. The van der Waals surface area contributed by atoms with Crippen LogP contribution in [0.4, 0.5) is 5.69 Å². The van der Waals surface area contributed by atoms with E-state index in [-0.39, 0.29) is 36.6 Å². The van der Waals surface area contributed by atoms with Crippen molar-refractivity contribution in [2.24, 2.45) is 5.92 Å². The molecule has 2 aromatic rings. The van der Waals surface area contributed by atoms with Crippen LogP contribution in [0.1, 0.15) is 54.9 Å². The van der Waals surface area contributed by atoms with Gasteiger partial charge < -0.3 is 10.2 Å². The Kier molecular flexibility index (Phi) is 5.79. The molecule has 2 atom stereocenters. The molecule has 1 fully saturated rings. The second-order valence-corrected chi connectivity index (χ2v) is 9.19. The Bertz CT molecular complexity index is 1060. The minimum Gasteiger partial charge on any atom is -0.356 e. The molecule has 1 aromatic carbocycles. The Morgan fingerprint density at radius 2 is 2.00 bits per heavy atom. The number of anilines is 1. The summed E-state index contributed by atoms with van der Waals surface area (Å²) in [5.74, 6) is 0.0110. The number of hydrogen-bond acceptors (Lipinski definition) is 4. The number of aromatic nitrogens is 2. The van der Waals surface area contributed by atoms with Gasteiger partial charge in [-0.05, 0) is 51.3 Å². The second kappa shape index (κ2) is 8.41. The molecule has 0 unspecified atom stereocenters. The van der Waals surface area contributed by atoms with Crippen LogP contribution in [-0.4, -0.2) is 51.2 Å². The van der Waals surface area contributed by atoms with Crippen molar-refractivity contribution in [2.45, 2.75) is 59.2 Å². The van der Waals surface area contributed by atoms with Gasteiger partial charge in [-0.2, -0.15) is 5.10 Å². The highest BCUT2D eigenvalue weighted by molar-refractivity contribution is 6.10. The SMILES string of the molecule is Cc1cc(C)n(C[C@@H](C)CNC(=O)CCN2C(=O)c3ccccc3N3C(=O)CC[C@]23C)n1. The Hall–Kier alpha value is -3.16. The number of carbonyl (C=O) groups excluding carboxylic acids is 3. The summed E-state index contributed by atoms with van der Waals surface area (Å²) in [4.78, 5) is 41.9. The number of amides is 3. The minimum absolute atomic E-state index is 0.0138. The summed E-state index contributed by atoms with van der Waals surface area (Å²) in [6.45, 7) is 9.52. The quantitative estimate of drug-likeness (QED) is 0.721. The molecule has 4 rings (SSSR count). The molecule has 3 amide bonds. The molecule has 32 heavy (non-hydrogen) atoms. The monoisotopic (exact) mass is 437 g/mol. The standard InChI is InChI=1S/C24H31N5O3/c1-16(15-28-18(3)13-17(2)26-28)14-25-21(30)10-12-27-23(32)19-7-5-6-8-20(19)29-22(31)9-11-24(27,29)4/h5-8,13,16H,9-12,14-15H2,1-4H3,(H,25,30)/t16-,24+/m0/s1. The van der Waals surface area contributed by atoms with Gasteiger partial charge in [-0.3, -0.25) is 24.0 Å². The Balaban J connectivity index is 1.37. The summed E-state index contributed by atoms with van der Waals surface area (Å²) in [6, 6.07) is 9.25. The van der Waals surface area contributed by atoms with Gasteiger partial charge in [-0.25, -0.2) is 0 Å². The van der Waals surface area contributed by atoms with Crippen LogP contribution < -0.4 is 10.2 Å². The average Bonchev–Trinajstić information content (AvgIpc) is 3.23. The van der Waals surface area contributed by atoms with E-state index in [4.69, 9.17) is 0 Å². The first-order chi connectivity index (χ1) is 15.2. The second-order valence-electron chi connectivity index (χ2n) is 9.19. The number of rotatable bonds is 7. The third-order valence-electron chi connectivity index (χ3n) is 6.54. The van der Waals surface area contributed by atoms with Crippen LogP contribution in [0.2, 0.25) is 0 Å². The van der Waals surface area contributed by atoms with E-state index in [1.54, 1.807) is 21.9 Å². The molecule has 8 heteroatoms. The number of hydrogen-bond donors (Lipinski definition) is 1. The van der Waals surface area contributed by atoms with Crippen molar-refractivity contribution in [3.8, 4) is 0 Å². The lowest BCUT2D eigenvalue weighted by Crippen LogP contribution is -2.62. The van der Waals surface area contributed by atoms with Crippen LogP contribution in [0.15, 0.2) is 30.3 Å². The Morgan fingerprint density at radius 3 is 2.72 bits per heavy atom. The maximum atomic E-state index is 13.2. The number of benzene rings is 1. The molecular formula is C24H31N5O3. The molecule has 2 aliphatic rings. The minimum atomic E-state index is -0.731. The third kappa shape index (κ3) is 3.89. The van der Waals surface area contributed by atoms with Gasteiger partial charge in [0.05, 0.1) is 16.9 Å². The van der Waals surface area contributed by atoms with Crippen LogP contribution in [0.5, 0.6) is 0 Å². The van der Waals surface area contributed by atoms with Gasteiger partial charge in [-0.1, -0.05) is 19.1 Å². The molecule has 170 valence electrons. The predicted octanol–water partition coefficient (Wildman–Crippen LogP) is 2.64. The summed E-state index contributed by atoms with van der Waals surface area (Å²) in [6.07, 6.45) is 1.15. The molecule has 0 aliphatic carbocycles. The maximum Gasteiger partial charge on any atom is 0.257 e. The van der Waals surface area contributed by atoms with Gasteiger partial charge >= 0.3 is 0 Å². The summed E-state index contributed by atoms with van der Waals surface area (Å²) in [5.41, 5.74) is 2.54. The van der Waals surface area contributed by atoms with Crippen molar-refractivity contribution in [3.63, 3.8) is 0 Å². The van der Waals surface area contributed by atoms with Crippen LogP contribution in [-0.2, 0) is 16.1 Å². The van der Waals surface area contributed by atoms with Gasteiger partial charge in [0.15, 0.2) is 0 Å². The Labute approximate surface area is 188 Å². The van der Waals surface area contributed by atoms with Crippen molar-refractivity contribution < 1.29 is 14.4 Å². The average molecular weight is 438 g/mol. The van der Waals surface area contributed by atoms with E-state index in [1.165, 1.54) is 0 Å². The lowest BCUT2D eigenvalue weighted by atomic mass is 9.98. The van der Waals surface area contributed by atoms with Crippen LogP contribution in [0, 0.1) is 19.8 Å². The number of nitrogens with one attached hydrogen (secondary N) is 1. The van der Waals surface area contributed by atoms with Gasteiger partial charge in [-0.15, -0.1) is 0 Å². The molecule has 2 aliphatic heterocycles. The largest absolute Gasteiger partial charge is 0.356 e. The Morgan fingerprint density at radius 1 is 1.25 bits per heavy atom. The molecule has 1 saturated heterocycles. The predicted molar refractivity (Wildman–Crippen MR) is 121 cm³/mol. The van der Waals surface area contributed by atoms with Crippen molar-refractivity contribution in [3.05, 3.63) is 47.3 Å². The van der Waals surface area contributed by atoms with Gasteiger partial charge in [0, 0.05) is 38.2 Å². The molecule has 0 radical (unpaired) electrons. The molecule has 1 aromatic heterocycles. The fourth-order valence-corrected chi connectivity index (χ4v) is 4.85. The van der Waals surface area contributed by atoms with Crippen molar-refractivity contribution in [1.29, 1.82) is 0 Å². The van der Waals surface area contributed by atoms with Crippen LogP contribution in [0.25, 0.3) is 0 Å². The van der Waals surface area contributed by atoms with E-state index in [0.29, 0.717) is 30.6 Å². The number of aryl methyl sites for hydroxylation is 2. The van der Waals surface area contributed by atoms with Crippen LogP contribution in [0.3, 0.4) is 0 Å². The number of nitrogens with zero attached hydrogens (tertiary/aromatic N) is 4. The first-order valence-corrected chi connectivity index (χ1v) is 11.2. The first kappa shape index (κ1) is 22.0. The van der Waals surface area contributed by atoms with E-state index < -0.39 is 5.66 Å². The van der Waals surface area contributed by atoms with E-state index in [9.17, 15) is 14.4 Å². The van der Waals surface area contributed by atoms with E-state index >= 15 is 0 Å². The number of carbonyl (C=O) groups is 3. The van der Waals surface area contributed by atoms with Gasteiger partial charge in [0.25, 0.3) is 5.91 Å². The highest BCUT2D eigenvalue weighted by Gasteiger charge is 2.52. The summed E-state index contributed by atoms with van der Waals surface area (Å²) >= 11 is 0. The van der Waals surface area contributed by atoms with E-state index in [0.717, 1.165) is 17.9 Å². The normalized spacial score (nSPS) is 20.9. The fraction of sp³-hybridized carbons (Fsp3) is 0.500. The molecule has 0 saturated carbocycles. The molecule has 8 nitrogen and oxygen atoms in total. The smallest absolute Gasteiger partial charge is 0.257 e. The van der Waals surface area contributed by atoms with Crippen molar-refractivity contribution >= 4 is 23.4 Å². The van der Waals surface area contributed by atoms with Gasteiger partial charge in [0.2, 0.25) is 11.8 Å². The summed E-state index contributed by atoms with van der Waals surface area (Å²) in [5, 5.41) is 7.46. The van der Waals surface area contributed by atoms with Crippen molar-refractivity contribution in [2.75, 3.05) is 18.0 Å². The third-order valence-corrected chi connectivity index (χ3v) is 6.54. The summed E-state index contributed by atoms with van der Waals surface area (Å²) < 4.78 is 1.96. The van der Waals surface area contributed by atoms with E-state index in [2.05, 4.69) is 17.3 Å². The van der Waals surface area contributed by atoms with Crippen LogP contribution >= 0.6 is 0 Å². The van der Waals surface area contributed by atoms with E-state index in [1.807, 2.05) is 43.7 Å². The lowest BCUT2D eigenvalue weighted by Gasteiger charge is -2.48. The fourth-order valence-electron chi connectivity index (χ4n) is 4.85. The maximum absolute atomic E-state index is 13.2. The number of para-hydroxylation sites is 1. The first-order valence-electron chi connectivity index (χ1n) is 11.2. The highest BCUT2D eigenvalue weighted by atomic mass is 16.2. The molecule has 3 heterocycles. The zero-order valence-electron chi connectivity index (χ0n) is 19.2.